The molecule has 0 spiro atoms. The first kappa shape index (κ1) is 134. The third-order valence-electron chi connectivity index (χ3n) is 7.27. The predicted octanol–water partition coefficient (Wildman–Crippen LogP) is 26.9. The molecule has 0 radical (unpaired) electrons. The van der Waals surface area contributed by atoms with E-state index in [1.165, 1.54) is 54.0 Å². The first-order valence-electron chi connectivity index (χ1n) is 38.8. The number of aromatic amines is 6. The summed E-state index contributed by atoms with van der Waals surface area (Å²) in [5.41, 5.74) is 3.00. The zero-order valence-corrected chi connectivity index (χ0v) is 76.7. The number of pyridine rings is 1. The van der Waals surface area contributed by atoms with Gasteiger partial charge >= 0.3 is 0 Å². The second kappa shape index (κ2) is 175. The van der Waals surface area contributed by atoms with Crippen LogP contribution in [0.5, 0.6) is 0 Å². The van der Waals surface area contributed by atoms with Crippen LogP contribution < -0.4 is 0 Å². The van der Waals surface area contributed by atoms with E-state index in [2.05, 4.69) is 143 Å². The van der Waals surface area contributed by atoms with Crippen LogP contribution in [0.3, 0.4) is 0 Å². The van der Waals surface area contributed by atoms with Crippen molar-refractivity contribution in [3.63, 3.8) is 0 Å². The van der Waals surface area contributed by atoms with Crippen molar-refractivity contribution in [3.05, 3.63) is 323 Å². The molecule has 0 aliphatic carbocycles. The normalized spacial score (nSPS) is 6.85. The number of hydrogen-bond acceptors (Lipinski definition) is 22. The number of thiazole rings is 1. The minimum absolute atomic E-state index is 1.21. The van der Waals surface area contributed by atoms with Gasteiger partial charge < -0.3 is 23.9 Å². The molecule has 634 valence electrons. The summed E-state index contributed by atoms with van der Waals surface area (Å²) < 4.78 is 12.7. The fourth-order valence-corrected chi connectivity index (χ4v) is 5.21. The van der Waals surface area contributed by atoms with Gasteiger partial charge in [0.25, 0.3) is 0 Å². The van der Waals surface area contributed by atoms with Gasteiger partial charge in [-0.1, -0.05) is 254 Å². The molecule has 0 aliphatic rings. The van der Waals surface area contributed by atoms with Crippen molar-refractivity contribution in [3.8, 4) is 0 Å². The van der Waals surface area contributed by atoms with Gasteiger partial charge in [-0.2, -0.15) is 36.9 Å². The molecule has 15 heterocycles. The first-order valence-corrected chi connectivity index (χ1v) is 41.5. The summed E-state index contributed by atoms with van der Waals surface area (Å²) in [7, 11) is 0. The largest absolute Gasteiger partial charge is 0.473 e. The van der Waals surface area contributed by atoms with E-state index >= 15 is 0 Å². The molecule has 6 N–H and O–H groups in total. The van der Waals surface area contributed by atoms with Gasteiger partial charge in [0.1, 0.15) is 25.2 Å². The molecule has 0 unspecified atom stereocenters. The fourth-order valence-electron chi connectivity index (χ4n) is 4.05. The van der Waals surface area contributed by atoms with Crippen molar-refractivity contribution in [2.75, 3.05) is 0 Å². The average molecular weight is 1620 g/mol. The second-order valence-corrected chi connectivity index (χ2v) is 15.3. The Morgan fingerprint density at radius 2 is 0.841 bits per heavy atom. The van der Waals surface area contributed by atoms with E-state index < -0.39 is 0 Å². The molecule has 0 amide bonds. The van der Waals surface area contributed by atoms with Crippen molar-refractivity contribution >= 4 is 45.1 Å². The summed E-state index contributed by atoms with van der Waals surface area (Å²) in [5.74, 6) is 0. The van der Waals surface area contributed by atoms with Gasteiger partial charge in [0.2, 0.25) is 0 Å². The number of furan rings is 1. The van der Waals surface area contributed by atoms with E-state index in [1.807, 2.05) is 339 Å². The zero-order valence-electron chi connectivity index (χ0n) is 74.2. The highest BCUT2D eigenvalue weighted by Gasteiger charge is 1.86. The lowest BCUT2D eigenvalue weighted by atomic mass is 10.3. The maximum absolute atomic E-state index is 4.58. The lowest BCUT2D eigenvalue weighted by Crippen LogP contribution is -1.69. The molecule has 0 atom stereocenters. The lowest BCUT2D eigenvalue weighted by Gasteiger charge is -1.83. The van der Waals surface area contributed by atoms with Crippen LogP contribution in [0.1, 0.15) is 208 Å². The second-order valence-electron chi connectivity index (χ2n) is 13.1. The molecule has 25 nitrogen and oxygen atoms in total. The molecule has 0 aliphatic heterocycles. The molecule has 16 aromatic rings. The van der Waals surface area contributed by atoms with Crippen molar-refractivity contribution < 1.29 is 8.94 Å². The smallest absolute Gasteiger partial charge is 0.161 e. The molecule has 0 saturated carbocycles. The number of rotatable bonds is 0. The molecule has 0 fully saturated rings. The van der Waals surface area contributed by atoms with Gasteiger partial charge in [0, 0.05) is 134 Å². The molecular weight excluding hydrogens is 1470 g/mol. The van der Waals surface area contributed by atoms with Crippen LogP contribution in [0.4, 0.5) is 0 Å². The number of nitrogens with zero attached hydrogens (tertiary/aromatic N) is 17. The standard InChI is InChI=1S/C8H7N.C5H5N.3C4H4N2.C4H5N.C4H4O.C4H4S.2C3H4N2.C3H3NO.2C3H3NS.C2H3N3.15C2H6.CH2N4/c1-2-4-8-7(3-1)5-6-9-8;1-2-4-6-5-3-1;1-2-6-4-3-5-1;1-2-5-4-6-3-1;1-2-4-6-5-3-1;3*1-2-4-5-3-1;1-2-5-3-4-1;2*1-2-4-5-3-1;1-2-5-3-4-1;1-2-4-5-3-1;1-3-2-5-4-1;15*1-2;1-2-4-5-3-1/h1-6,9H;1-5H;3*1-4H;1-5H;2*1-4H;2*1-3H,(H,4,5);3*1-3H;1-2H,(H,3,4,5);15*1-2H3;1H,(H,2,3,4,5). The molecule has 15 aromatic heterocycles. The van der Waals surface area contributed by atoms with E-state index in [0.29, 0.717) is 0 Å². The maximum Gasteiger partial charge on any atom is 0.161 e. The molecule has 113 heavy (non-hydrogen) atoms. The van der Waals surface area contributed by atoms with Crippen LogP contribution >= 0.6 is 34.2 Å². The third-order valence-corrected chi connectivity index (χ3v) is 8.94. The molecule has 1 aromatic carbocycles. The monoisotopic (exact) mass is 1620 g/mol. The van der Waals surface area contributed by atoms with Gasteiger partial charge in [-0.25, -0.2) is 24.3 Å². The maximum atomic E-state index is 4.58. The van der Waals surface area contributed by atoms with Crippen molar-refractivity contribution in [1.82, 2.24) is 116 Å². The van der Waals surface area contributed by atoms with E-state index in [4.69, 9.17) is 0 Å². The van der Waals surface area contributed by atoms with Crippen molar-refractivity contribution in [2.45, 2.75) is 208 Å². The fraction of sp³-hybridized carbons (Fsp3) is 0.353. The van der Waals surface area contributed by atoms with Gasteiger partial charge in [-0.05, 0) is 113 Å². The minimum Gasteiger partial charge on any atom is -0.473 e. The summed E-state index contributed by atoms with van der Waals surface area (Å²) in [4.78, 5) is 38.3. The first-order chi connectivity index (χ1) is 56.5. The Morgan fingerprint density at radius 3 is 1.04 bits per heavy atom. The SMILES string of the molecule is CC.CC.CC.CC.CC.CC.CC.CC.CC.CC.CC.CC.CC.CC.CC.c1c[nH]cn1.c1cc[nH]c1.c1ccc2[nH]ccc2c1.c1ccncc1.c1ccnnc1.c1ccoc1.c1ccsc1.c1cn[nH]c1.c1cnccn1.c1cncnc1.c1cnoc1.c1cnsc1.c1cscn1.c1nc[nH]n1.c1nn[nH]n1. The van der Waals surface area contributed by atoms with Crippen LogP contribution in [-0.4, -0.2) is 116 Å². The highest BCUT2D eigenvalue weighted by molar-refractivity contribution is 7.07. The van der Waals surface area contributed by atoms with Gasteiger partial charge in [-0.15, -0.1) is 21.5 Å². The van der Waals surface area contributed by atoms with E-state index in [1.54, 1.807) is 165 Å². The van der Waals surface area contributed by atoms with Crippen molar-refractivity contribution in [2.24, 2.45) is 0 Å². The Hall–Kier alpha value is -11.5. The molecule has 28 heteroatoms. The van der Waals surface area contributed by atoms with Gasteiger partial charge in [-0.3, -0.25) is 30.1 Å². The number of para-hydroxylation sites is 1. The molecule has 0 bridgehead atoms. The summed E-state index contributed by atoms with van der Waals surface area (Å²) in [6.07, 6.45) is 46.6. The number of imidazole rings is 1. The predicted molar refractivity (Wildman–Crippen MR) is 491 cm³/mol. The average Bonchev–Trinajstić information content (AvgIpc) is 1.75. The number of fused-ring (bicyclic) bond motifs is 1. The molecular formula is C85H149N23O2S3. The number of H-pyrrole nitrogens is 6. The lowest BCUT2D eigenvalue weighted by molar-refractivity contribution is 0.420. The van der Waals surface area contributed by atoms with Crippen LogP contribution in [0.2, 0.25) is 0 Å². The third kappa shape index (κ3) is 154. The Morgan fingerprint density at radius 1 is 0.292 bits per heavy atom. The highest BCUT2D eigenvalue weighted by atomic mass is 32.1. The Balaban J connectivity index is -0.0000000758. The highest BCUT2D eigenvalue weighted by Crippen LogP contribution is 2.09. The van der Waals surface area contributed by atoms with Crippen LogP contribution in [-0.2, 0) is 0 Å². The number of aromatic nitrogens is 23. The van der Waals surface area contributed by atoms with Crippen LogP contribution in [0.15, 0.2) is 332 Å². The number of thiophene rings is 1. The Bertz CT molecular complexity index is 2430. The van der Waals surface area contributed by atoms with Crippen LogP contribution in [0.25, 0.3) is 10.9 Å². The molecule has 0 saturated heterocycles. The Labute approximate surface area is 695 Å². The minimum atomic E-state index is 1.21. The number of tetrazole rings is 1. The van der Waals surface area contributed by atoms with Crippen LogP contribution in [0, 0.1) is 0 Å². The summed E-state index contributed by atoms with van der Waals surface area (Å²) in [6.45, 7) is 60.0. The van der Waals surface area contributed by atoms with Gasteiger partial charge in [0.15, 0.2) is 6.33 Å². The van der Waals surface area contributed by atoms with E-state index in [-0.39, 0.29) is 0 Å². The quantitative estimate of drug-likeness (QED) is 0.0821. The summed E-state index contributed by atoms with van der Waals surface area (Å²) in [5, 5.41) is 44.0. The number of hydrogen-bond donors (Lipinski definition) is 6. The number of nitrogens with one attached hydrogen (secondary N) is 6. The van der Waals surface area contributed by atoms with E-state index in [0.717, 1.165) is 0 Å². The van der Waals surface area contributed by atoms with E-state index in [9.17, 15) is 0 Å². The Kier molecular flexibility index (Phi) is 207. The molecule has 16 rings (SSSR count). The summed E-state index contributed by atoms with van der Waals surface area (Å²) in [6, 6.07) is 38.5. The van der Waals surface area contributed by atoms with Crippen molar-refractivity contribution in [1.29, 1.82) is 0 Å². The van der Waals surface area contributed by atoms with Gasteiger partial charge in [0.05, 0.1) is 30.6 Å². The topological polar surface area (TPSA) is 340 Å². The zero-order chi connectivity index (χ0) is 88.4. The summed E-state index contributed by atoms with van der Waals surface area (Å²) >= 11 is 4.78. The number of benzene rings is 1.